The Balaban J connectivity index is 2.03. The van der Waals surface area contributed by atoms with Crippen molar-refractivity contribution in [1.29, 1.82) is 0 Å². The highest BCUT2D eigenvalue weighted by Gasteiger charge is 2.19. The van der Waals surface area contributed by atoms with E-state index in [9.17, 15) is 8.42 Å². The van der Waals surface area contributed by atoms with Gasteiger partial charge in [-0.3, -0.25) is 4.90 Å². The zero-order chi connectivity index (χ0) is 16.0. The maximum Gasteiger partial charge on any atom is 0.182 e. The number of aliphatic hydroxyl groups is 1. The van der Waals surface area contributed by atoms with Crippen LogP contribution in [0.15, 0.2) is 23.1 Å². The van der Waals surface area contributed by atoms with E-state index in [0.29, 0.717) is 17.9 Å². The van der Waals surface area contributed by atoms with Crippen molar-refractivity contribution in [1.82, 2.24) is 4.90 Å². The van der Waals surface area contributed by atoms with Crippen LogP contribution in [0.5, 0.6) is 0 Å². The first-order valence-corrected chi connectivity index (χ1v) is 8.95. The SMILES string of the molecule is Nc1ccc(NCCN2CCOCC2)c(S(=O)(=O)CCO)c1. The van der Waals surface area contributed by atoms with Crippen LogP contribution in [0.25, 0.3) is 0 Å². The molecule has 1 aromatic rings. The third kappa shape index (κ3) is 4.57. The van der Waals surface area contributed by atoms with Crippen molar-refractivity contribution in [2.24, 2.45) is 0 Å². The summed E-state index contributed by atoms with van der Waals surface area (Å²) in [5, 5.41) is 12.1. The fraction of sp³-hybridized carbons (Fsp3) is 0.571. The first kappa shape index (κ1) is 17.0. The van der Waals surface area contributed by atoms with Crippen molar-refractivity contribution in [2.45, 2.75) is 4.90 Å². The first-order valence-electron chi connectivity index (χ1n) is 7.30. The summed E-state index contributed by atoms with van der Waals surface area (Å²) in [4.78, 5) is 2.40. The molecule has 0 spiro atoms. The van der Waals surface area contributed by atoms with E-state index in [-0.39, 0.29) is 10.6 Å². The monoisotopic (exact) mass is 329 g/mol. The van der Waals surface area contributed by atoms with E-state index in [1.165, 1.54) is 6.07 Å². The molecule has 1 heterocycles. The van der Waals surface area contributed by atoms with Crippen molar-refractivity contribution in [3.63, 3.8) is 0 Å². The summed E-state index contributed by atoms with van der Waals surface area (Å²) >= 11 is 0. The molecule has 0 amide bonds. The number of aliphatic hydroxyl groups excluding tert-OH is 1. The van der Waals surface area contributed by atoms with Crippen LogP contribution >= 0.6 is 0 Å². The number of rotatable bonds is 7. The molecular formula is C14H23N3O4S. The predicted octanol–water partition coefficient (Wildman–Crippen LogP) is -0.221. The van der Waals surface area contributed by atoms with Crippen LogP contribution in [-0.2, 0) is 14.6 Å². The third-order valence-corrected chi connectivity index (χ3v) is 5.28. The number of anilines is 2. The Morgan fingerprint density at radius 2 is 2.05 bits per heavy atom. The normalized spacial score (nSPS) is 16.6. The van der Waals surface area contributed by atoms with Gasteiger partial charge in [0.15, 0.2) is 9.84 Å². The summed E-state index contributed by atoms with van der Waals surface area (Å²) in [6, 6.07) is 4.76. The molecule has 1 saturated heterocycles. The van der Waals surface area contributed by atoms with E-state index < -0.39 is 16.4 Å². The molecule has 0 aromatic heterocycles. The number of nitrogens with zero attached hydrogens (tertiary/aromatic N) is 1. The Kier molecular flexibility index (Phi) is 6.01. The minimum Gasteiger partial charge on any atom is -0.399 e. The van der Waals surface area contributed by atoms with Gasteiger partial charge in [0, 0.05) is 31.9 Å². The molecule has 4 N–H and O–H groups in total. The molecule has 0 bridgehead atoms. The second-order valence-electron chi connectivity index (χ2n) is 5.18. The summed E-state index contributed by atoms with van der Waals surface area (Å²) in [5.74, 6) is -0.311. The van der Waals surface area contributed by atoms with Crippen LogP contribution in [0.2, 0.25) is 0 Å². The highest BCUT2D eigenvalue weighted by molar-refractivity contribution is 7.91. The maximum atomic E-state index is 12.2. The van der Waals surface area contributed by atoms with E-state index in [1.54, 1.807) is 12.1 Å². The lowest BCUT2D eigenvalue weighted by Gasteiger charge is -2.26. The van der Waals surface area contributed by atoms with E-state index in [4.69, 9.17) is 15.6 Å². The van der Waals surface area contributed by atoms with Gasteiger partial charge in [0.05, 0.1) is 36.2 Å². The Morgan fingerprint density at radius 1 is 1.32 bits per heavy atom. The van der Waals surface area contributed by atoms with E-state index >= 15 is 0 Å². The van der Waals surface area contributed by atoms with Gasteiger partial charge in [0.2, 0.25) is 0 Å². The Bertz CT molecular complexity index is 586. The van der Waals surface area contributed by atoms with Crippen molar-refractivity contribution < 1.29 is 18.3 Å². The van der Waals surface area contributed by atoms with E-state index in [0.717, 1.165) is 32.8 Å². The average molecular weight is 329 g/mol. The largest absolute Gasteiger partial charge is 0.399 e. The summed E-state index contributed by atoms with van der Waals surface area (Å²) in [6.45, 7) is 4.28. The number of nitrogen functional groups attached to an aromatic ring is 1. The summed E-state index contributed by atoms with van der Waals surface area (Å²) in [6.07, 6.45) is 0. The first-order chi connectivity index (χ1) is 10.5. The highest BCUT2D eigenvalue weighted by atomic mass is 32.2. The number of sulfone groups is 1. The van der Waals surface area contributed by atoms with Crippen LogP contribution in [0.3, 0.4) is 0 Å². The molecule has 0 unspecified atom stereocenters. The average Bonchev–Trinajstić information content (AvgIpc) is 2.49. The predicted molar refractivity (Wildman–Crippen MR) is 85.7 cm³/mol. The topological polar surface area (TPSA) is 105 Å². The quantitative estimate of drug-likeness (QED) is 0.594. The minimum absolute atomic E-state index is 0.142. The van der Waals surface area contributed by atoms with Gasteiger partial charge in [-0.05, 0) is 18.2 Å². The molecule has 0 atom stereocenters. The number of nitrogens with one attached hydrogen (secondary N) is 1. The fourth-order valence-electron chi connectivity index (χ4n) is 2.35. The standard InChI is InChI=1S/C14H23N3O4S/c15-12-1-2-13(14(11-12)22(19,20)10-7-18)16-3-4-17-5-8-21-9-6-17/h1-2,11,16,18H,3-10,15H2. The van der Waals surface area contributed by atoms with Gasteiger partial charge in [-0.1, -0.05) is 0 Å². The van der Waals surface area contributed by atoms with Crippen LogP contribution in [0.4, 0.5) is 11.4 Å². The van der Waals surface area contributed by atoms with Crippen molar-refractivity contribution in [3.8, 4) is 0 Å². The molecule has 1 aromatic carbocycles. The van der Waals surface area contributed by atoms with Crippen LogP contribution in [0.1, 0.15) is 0 Å². The lowest BCUT2D eigenvalue weighted by Crippen LogP contribution is -2.39. The Hall–Kier alpha value is -1.35. The number of hydrogen-bond acceptors (Lipinski definition) is 7. The molecule has 124 valence electrons. The number of benzene rings is 1. The number of morpholine rings is 1. The smallest absolute Gasteiger partial charge is 0.182 e. The number of ether oxygens (including phenoxy) is 1. The van der Waals surface area contributed by atoms with Crippen molar-refractivity contribution in [2.75, 3.05) is 62.8 Å². The van der Waals surface area contributed by atoms with Gasteiger partial charge >= 0.3 is 0 Å². The molecule has 0 saturated carbocycles. The van der Waals surface area contributed by atoms with Gasteiger partial charge in [-0.15, -0.1) is 0 Å². The summed E-state index contributed by atoms with van der Waals surface area (Å²) in [7, 11) is -3.54. The van der Waals surface area contributed by atoms with Gasteiger partial charge < -0.3 is 20.9 Å². The minimum atomic E-state index is -3.54. The summed E-state index contributed by atoms with van der Waals surface area (Å²) in [5.41, 5.74) is 6.60. The second-order valence-corrected chi connectivity index (χ2v) is 7.26. The van der Waals surface area contributed by atoms with Crippen LogP contribution in [-0.4, -0.2) is 70.2 Å². The maximum absolute atomic E-state index is 12.2. The summed E-state index contributed by atoms with van der Waals surface area (Å²) < 4.78 is 29.7. The van der Waals surface area contributed by atoms with Gasteiger partial charge in [0.1, 0.15) is 0 Å². The molecule has 22 heavy (non-hydrogen) atoms. The molecule has 1 aliphatic rings. The van der Waals surface area contributed by atoms with E-state index in [1.807, 2.05) is 0 Å². The van der Waals surface area contributed by atoms with Gasteiger partial charge in [0.25, 0.3) is 0 Å². The van der Waals surface area contributed by atoms with E-state index in [2.05, 4.69) is 10.2 Å². The molecule has 8 heteroatoms. The molecule has 0 aliphatic carbocycles. The zero-order valence-electron chi connectivity index (χ0n) is 12.5. The molecular weight excluding hydrogens is 306 g/mol. The second kappa shape index (κ2) is 7.77. The molecule has 0 radical (unpaired) electrons. The van der Waals surface area contributed by atoms with Gasteiger partial charge in [-0.25, -0.2) is 8.42 Å². The molecule has 1 fully saturated rings. The Labute approximate surface area is 131 Å². The van der Waals surface area contributed by atoms with Crippen molar-refractivity contribution in [3.05, 3.63) is 18.2 Å². The zero-order valence-corrected chi connectivity index (χ0v) is 13.3. The lowest BCUT2D eigenvalue weighted by atomic mass is 10.3. The molecule has 7 nitrogen and oxygen atoms in total. The lowest BCUT2D eigenvalue weighted by molar-refractivity contribution is 0.0398. The third-order valence-electron chi connectivity index (χ3n) is 3.55. The fourth-order valence-corrected chi connectivity index (χ4v) is 3.60. The highest BCUT2D eigenvalue weighted by Crippen LogP contribution is 2.25. The van der Waals surface area contributed by atoms with Gasteiger partial charge in [-0.2, -0.15) is 0 Å². The van der Waals surface area contributed by atoms with Crippen LogP contribution in [0, 0.1) is 0 Å². The number of hydrogen-bond donors (Lipinski definition) is 3. The molecule has 1 aliphatic heterocycles. The molecule has 2 rings (SSSR count). The Morgan fingerprint density at radius 3 is 2.73 bits per heavy atom. The van der Waals surface area contributed by atoms with Crippen LogP contribution < -0.4 is 11.1 Å². The van der Waals surface area contributed by atoms with Crippen molar-refractivity contribution >= 4 is 21.2 Å². The number of nitrogens with two attached hydrogens (primary N) is 1.